The van der Waals surface area contributed by atoms with E-state index in [4.69, 9.17) is 11.6 Å². The molecule has 0 aromatic rings. The van der Waals surface area contributed by atoms with Gasteiger partial charge in [-0.05, 0) is 19.9 Å². The van der Waals surface area contributed by atoms with E-state index in [1.165, 1.54) is 12.2 Å². The molecule has 1 amide bonds. The first-order valence-corrected chi connectivity index (χ1v) is 4.34. The number of carbonyl (C=O) groups excluding carboxylic acids is 1. The van der Waals surface area contributed by atoms with Crippen LogP contribution in [0.25, 0.3) is 0 Å². The fraction of sp³-hybridized carbons (Fsp3) is 0.300. The Labute approximate surface area is 84.0 Å². The second-order valence-corrected chi connectivity index (χ2v) is 3.36. The van der Waals surface area contributed by atoms with Gasteiger partial charge >= 0.3 is 0 Å². The normalized spacial score (nSPS) is 11.2. The van der Waals surface area contributed by atoms with E-state index in [-0.39, 0.29) is 11.9 Å². The Morgan fingerprint density at radius 1 is 1.54 bits per heavy atom. The summed E-state index contributed by atoms with van der Waals surface area (Å²) in [5.74, 6) is -0.188. The van der Waals surface area contributed by atoms with Crippen LogP contribution in [-0.2, 0) is 4.79 Å². The molecule has 0 unspecified atom stereocenters. The molecule has 0 aromatic carbocycles. The number of amides is 1. The Morgan fingerprint density at radius 3 is 2.38 bits per heavy atom. The van der Waals surface area contributed by atoms with Crippen LogP contribution in [0.4, 0.5) is 0 Å². The molecule has 0 radical (unpaired) electrons. The number of hydrogen-bond donors (Lipinski definition) is 1. The molecule has 0 aliphatic rings. The summed E-state index contributed by atoms with van der Waals surface area (Å²) < 4.78 is 0. The minimum atomic E-state index is -0.188. The molecule has 0 aromatic heterocycles. The molecule has 0 aliphatic carbocycles. The van der Waals surface area contributed by atoms with Crippen molar-refractivity contribution in [1.82, 2.24) is 5.32 Å². The zero-order chi connectivity index (χ0) is 10.4. The Morgan fingerprint density at radius 2 is 2.08 bits per heavy atom. The lowest BCUT2D eigenvalue weighted by atomic mass is 10.2. The number of hydrogen-bond acceptors (Lipinski definition) is 1. The van der Waals surface area contributed by atoms with Gasteiger partial charge in [0.05, 0.1) is 0 Å². The molecule has 72 valence electrons. The van der Waals surface area contributed by atoms with E-state index < -0.39 is 0 Å². The molecule has 0 bridgehead atoms. The summed E-state index contributed by atoms with van der Waals surface area (Å²) in [6.45, 7) is 10.7. The van der Waals surface area contributed by atoms with Crippen molar-refractivity contribution < 1.29 is 4.79 Å². The molecule has 0 rings (SSSR count). The molecule has 0 heterocycles. The highest BCUT2D eigenvalue weighted by Gasteiger charge is 2.06. The van der Waals surface area contributed by atoms with E-state index in [2.05, 4.69) is 18.5 Å². The van der Waals surface area contributed by atoms with E-state index in [0.29, 0.717) is 10.6 Å². The van der Waals surface area contributed by atoms with Crippen molar-refractivity contribution in [3.63, 3.8) is 0 Å². The van der Waals surface area contributed by atoms with Gasteiger partial charge in [0.2, 0.25) is 0 Å². The fourth-order valence-corrected chi connectivity index (χ4v) is 0.849. The van der Waals surface area contributed by atoms with Gasteiger partial charge in [-0.15, -0.1) is 0 Å². The number of halogens is 1. The first-order chi connectivity index (χ1) is 5.97. The molecule has 13 heavy (non-hydrogen) atoms. The predicted molar refractivity (Wildman–Crippen MR) is 56.6 cm³/mol. The van der Waals surface area contributed by atoms with Gasteiger partial charge in [-0.2, -0.15) is 0 Å². The lowest BCUT2D eigenvalue weighted by molar-refractivity contribution is -0.117. The van der Waals surface area contributed by atoms with Crippen LogP contribution in [0, 0.1) is 0 Å². The summed E-state index contributed by atoms with van der Waals surface area (Å²) in [5.41, 5.74) is 0.425. The third-order valence-electron chi connectivity index (χ3n) is 1.21. The fourth-order valence-electron chi connectivity index (χ4n) is 0.731. The lowest BCUT2D eigenvalue weighted by Crippen LogP contribution is -2.30. The van der Waals surface area contributed by atoms with Gasteiger partial charge in [0.25, 0.3) is 5.91 Å². The maximum absolute atomic E-state index is 11.4. The van der Waals surface area contributed by atoms with Crippen molar-refractivity contribution in [3.8, 4) is 0 Å². The summed E-state index contributed by atoms with van der Waals surface area (Å²) in [7, 11) is 0. The SMILES string of the molecule is C=C/C(=C\C(=C)Cl)C(=O)NC(C)C. The molecule has 0 fully saturated rings. The zero-order valence-corrected chi connectivity index (χ0v) is 8.69. The van der Waals surface area contributed by atoms with Gasteiger partial charge in [-0.25, -0.2) is 0 Å². The van der Waals surface area contributed by atoms with Crippen LogP contribution >= 0.6 is 11.6 Å². The van der Waals surface area contributed by atoms with E-state index in [0.717, 1.165) is 0 Å². The minimum Gasteiger partial charge on any atom is -0.350 e. The van der Waals surface area contributed by atoms with Crippen molar-refractivity contribution in [2.24, 2.45) is 0 Å². The van der Waals surface area contributed by atoms with Gasteiger partial charge in [0, 0.05) is 16.6 Å². The van der Waals surface area contributed by atoms with Crippen LogP contribution in [0.1, 0.15) is 13.8 Å². The van der Waals surface area contributed by atoms with Crippen molar-refractivity contribution in [1.29, 1.82) is 0 Å². The summed E-state index contributed by atoms with van der Waals surface area (Å²) in [5, 5.41) is 3.03. The zero-order valence-electron chi connectivity index (χ0n) is 7.93. The van der Waals surface area contributed by atoms with Crippen molar-refractivity contribution >= 4 is 17.5 Å². The third kappa shape index (κ3) is 5.26. The molecular formula is C10H14ClNO. The van der Waals surface area contributed by atoms with Gasteiger partial charge in [0.1, 0.15) is 0 Å². The number of rotatable bonds is 4. The van der Waals surface area contributed by atoms with Crippen molar-refractivity contribution in [2.75, 3.05) is 0 Å². The maximum atomic E-state index is 11.4. The molecule has 2 nitrogen and oxygen atoms in total. The molecule has 0 atom stereocenters. The van der Waals surface area contributed by atoms with Gasteiger partial charge in [0.15, 0.2) is 0 Å². The highest BCUT2D eigenvalue weighted by atomic mass is 35.5. The van der Waals surface area contributed by atoms with E-state index in [1.807, 2.05) is 13.8 Å². The van der Waals surface area contributed by atoms with E-state index >= 15 is 0 Å². The Hall–Kier alpha value is -1.02. The van der Waals surface area contributed by atoms with Gasteiger partial charge in [-0.1, -0.05) is 30.8 Å². The summed E-state index contributed by atoms with van der Waals surface area (Å²) in [6, 6.07) is 0.0967. The smallest absolute Gasteiger partial charge is 0.251 e. The van der Waals surface area contributed by atoms with Crippen LogP contribution in [0.2, 0.25) is 0 Å². The van der Waals surface area contributed by atoms with E-state index in [1.54, 1.807) is 0 Å². The Bertz CT molecular complexity index is 254. The first kappa shape index (κ1) is 12.0. The number of nitrogens with one attached hydrogen (secondary N) is 1. The summed E-state index contributed by atoms with van der Waals surface area (Å²) in [4.78, 5) is 11.4. The van der Waals surface area contributed by atoms with Crippen LogP contribution in [-0.4, -0.2) is 11.9 Å². The molecule has 0 aliphatic heterocycles. The van der Waals surface area contributed by atoms with Crippen LogP contribution in [0.3, 0.4) is 0 Å². The maximum Gasteiger partial charge on any atom is 0.251 e. The van der Waals surface area contributed by atoms with Crippen molar-refractivity contribution in [3.05, 3.63) is 35.9 Å². The topological polar surface area (TPSA) is 29.1 Å². The third-order valence-corrected chi connectivity index (χ3v) is 1.32. The number of carbonyl (C=O) groups is 1. The second-order valence-electron chi connectivity index (χ2n) is 2.88. The monoisotopic (exact) mass is 199 g/mol. The molecule has 0 saturated heterocycles. The van der Waals surface area contributed by atoms with Gasteiger partial charge in [-0.3, -0.25) is 4.79 Å². The predicted octanol–water partition coefficient (Wildman–Crippen LogP) is 2.38. The van der Waals surface area contributed by atoms with Crippen molar-refractivity contribution in [2.45, 2.75) is 19.9 Å². The Kier molecular flexibility index (Phi) is 5.16. The highest BCUT2D eigenvalue weighted by molar-refractivity contribution is 6.31. The van der Waals surface area contributed by atoms with Crippen LogP contribution in [0.5, 0.6) is 0 Å². The highest BCUT2D eigenvalue weighted by Crippen LogP contribution is 2.05. The molecule has 1 N–H and O–H groups in total. The largest absolute Gasteiger partial charge is 0.350 e. The first-order valence-electron chi connectivity index (χ1n) is 3.96. The average molecular weight is 200 g/mol. The average Bonchev–Trinajstić information content (AvgIpc) is 1.98. The molecule has 3 heteroatoms. The Balaban J connectivity index is 4.50. The van der Waals surface area contributed by atoms with Gasteiger partial charge < -0.3 is 5.32 Å². The summed E-state index contributed by atoms with van der Waals surface area (Å²) in [6.07, 6.45) is 2.93. The minimum absolute atomic E-state index is 0.0967. The van der Waals surface area contributed by atoms with Crippen LogP contribution in [0.15, 0.2) is 35.9 Å². The molecule has 0 spiro atoms. The standard InChI is InChI=1S/C10H14ClNO/c1-5-9(6-8(4)11)10(13)12-7(2)3/h5-7H,1,4H2,2-3H3,(H,12,13)/b9-6+. The molecular weight excluding hydrogens is 186 g/mol. The van der Waals surface area contributed by atoms with Crippen LogP contribution < -0.4 is 5.32 Å². The van der Waals surface area contributed by atoms with E-state index in [9.17, 15) is 4.79 Å². The number of allylic oxidation sites excluding steroid dienone is 2. The molecule has 0 saturated carbocycles. The summed E-state index contributed by atoms with van der Waals surface area (Å²) >= 11 is 5.53. The lowest BCUT2D eigenvalue weighted by Gasteiger charge is -2.08. The quantitative estimate of drug-likeness (QED) is 0.547. The second kappa shape index (κ2) is 5.60.